The van der Waals surface area contributed by atoms with Crippen molar-refractivity contribution in [1.82, 2.24) is 20.0 Å². The highest BCUT2D eigenvalue weighted by atomic mass is 16.4. The molecule has 0 fully saturated rings. The van der Waals surface area contributed by atoms with E-state index < -0.39 is 0 Å². The van der Waals surface area contributed by atoms with Crippen molar-refractivity contribution in [2.24, 2.45) is 5.92 Å². The minimum Gasteiger partial charge on any atom is -0.425 e. The summed E-state index contributed by atoms with van der Waals surface area (Å²) < 4.78 is 7.08. The minimum absolute atomic E-state index is 0.339. The van der Waals surface area contributed by atoms with Gasteiger partial charge in [-0.25, -0.2) is 0 Å². The maximum absolute atomic E-state index is 5.12. The molecule has 1 aliphatic carbocycles. The van der Waals surface area contributed by atoms with Crippen LogP contribution in [0.25, 0.3) is 0 Å². The number of aryl methyl sites for hydroxylation is 2. The van der Waals surface area contributed by atoms with Crippen LogP contribution in [0.3, 0.4) is 0 Å². The SMILES string of the molecule is CC(C)C1=CCC=C1.Cc1ccn(C(C)C)n1.Cc1nnc(C(C)C)o1. The lowest BCUT2D eigenvalue weighted by atomic mass is 10.1. The molecule has 5 heteroatoms. The molecule has 0 spiro atoms. The summed E-state index contributed by atoms with van der Waals surface area (Å²) in [5, 5.41) is 11.7. The Morgan fingerprint density at radius 2 is 1.69 bits per heavy atom. The number of rotatable bonds is 3. The van der Waals surface area contributed by atoms with E-state index in [0.717, 1.165) is 12.1 Å². The van der Waals surface area contributed by atoms with Crippen molar-refractivity contribution in [3.63, 3.8) is 0 Å². The zero-order chi connectivity index (χ0) is 19.7. The van der Waals surface area contributed by atoms with Crippen LogP contribution in [0.5, 0.6) is 0 Å². The molecule has 3 rings (SSSR count). The van der Waals surface area contributed by atoms with Gasteiger partial charge in [-0.05, 0) is 44.7 Å². The molecule has 0 atom stereocenters. The van der Waals surface area contributed by atoms with Gasteiger partial charge in [0.05, 0.1) is 5.69 Å². The van der Waals surface area contributed by atoms with Crippen molar-refractivity contribution >= 4 is 0 Å². The molecule has 0 bridgehead atoms. The van der Waals surface area contributed by atoms with E-state index in [1.807, 2.05) is 37.7 Å². The van der Waals surface area contributed by atoms with Crippen LogP contribution in [-0.2, 0) is 0 Å². The maximum Gasteiger partial charge on any atom is 0.219 e. The van der Waals surface area contributed by atoms with Crippen molar-refractivity contribution in [1.29, 1.82) is 0 Å². The maximum atomic E-state index is 5.12. The number of hydrogen-bond acceptors (Lipinski definition) is 4. The third kappa shape index (κ3) is 7.81. The van der Waals surface area contributed by atoms with Crippen LogP contribution in [0.1, 0.15) is 77.4 Å². The van der Waals surface area contributed by atoms with Crippen molar-refractivity contribution in [3.05, 3.63) is 53.5 Å². The van der Waals surface area contributed by atoms with Crippen LogP contribution in [-0.4, -0.2) is 20.0 Å². The molecule has 2 aromatic rings. The lowest BCUT2D eigenvalue weighted by molar-refractivity contribution is 0.448. The van der Waals surface area contributed by atoms with Gasteiger partial charge in [0.1, 0.15) is 0 Å². The summed E-state index contributed by atoms with van der Waals surface area (Å²) in [7, 11) is 0. The average Bonchev–Trinajstić information content (AvgIpc) is 3.28. The second kappa shape index (κ2) is 10.7. The van der Waals surface area contributed by atoms with Gasteiger partial charge >= 0.3 is 0 Å². The Kier molecular flexibility index (Phi) is 9.03. The fourth-order valence-electron chi connectivity index (χ4n) is 2.17. The quantitative estimate of drug-likeness (QED) is 0.695. The minimum atomic E-state index is 0.339. The number of hydrogen-bond donors (Lipinski definition) is 0. The van der Waals surface area contributed by atoms with Crippen LogP contribution >= 0.6 is 0 Å². The second-order valence-corrected chi connectivity index (χ2v) is 7.34. The summed E-state index contributed by atoms with van der Waals surface area (Å²) in [6.45, 7) is 16.5. The van der Waals surface area contributed by atoms with E-state index in [-0.39, 0.29) is 0 Å². The van der Waals surface area contributed by atoms with Crippen molar-refractivity contribution in [2.45, 2.75) is 73.8 Å². The normalized spacial score (nSPS) is 12.8. The third-order valence-corrected chi connectivity index (χ3v) is 3.77. The molecule has 2 aromatic heterocycles. The smallest absolute Gasteiger partial charge is 0.219 e. The van der Waals surface area contributed by atoms with Gasteiger partial charge in [-0.15, -0.1) is 10.2 Å². The molecule has 5 nitrogen and oxygen atoms in total. The molecule has 0 aliphatic heterocycles. The Morgan fingerprint density at radius 1 is 1.00 bits per heavy atom. The predicted octanol–water partition coefficient (Wildman–Crippen LogP) is 5.80. The molecule has 0 radical (unpaired) electrons. The predicted molar refractivity (Wildman–Crippen MR) is 107 cm³/mol. The fourth-order valence-corrected chi connectivity index (χ4v) is 2.17. The zero-order valence-corrected chi connectivity index (χ0v) is 17.5. The van der Waals surface area contributed by atoms with Gasteiger partial charge in [0, 0.05) is 25.1 Å². The first kappa shape index (κ1) is 21.9. The van der Waals surface area contributed by atoms with Crippen LogP contribution < -0.4 is 0 Å². The zero-order valence-electron chi connectivity index (χ0n) is 17.5. The van der Waals surface area contributed by atoms with Gasteiger partial charge in [-0.1, -0.05) is 45.9 Å². The van der Waals surface area contributed by atoms with E-state index in [9.17, 15) is 0 Å². The molecule has 0 aromatic carbocycles. The molecular weight excluding hydrogens is 324 g/mol. The Balaban J connectivity index is 0.000000195. The highest BCUT2D eigenvalue weighted by Crippen LogP contribution is 2.16. The van der Waals surface area contributed by atoms with E-state index in [0.29, 0.717) is 29.7 Å². The van der Waals surface area contributed by atoms with Gasteiger partial charge in [0.15, 0.2) is 0 Å². The van der Waals surface area contributed by atoms with E-state index in [2.05, 4.69) is 61.2 Å². The lowest BCUT2D eigenvalue weighted by Gasteiger charge is -2.02. The highest BCUT2D eigenvalue weighted by molar-refractivity contribution is 5.27. The highest BCUT2D eigenvalue weighted by Gasteiger charge is 2.05. The summed E-state index contributed by atoms with van der Waals surface area (Å²) in [6.07, 6.45) is 9.85. The largest absolute Gasteiger partial charge is 0.425 e. The summed E-state index contributed by atoms with van der Waals surface area (Å²) >= 11 is 0. The first-order valence-electron chi connectivity index (χ1n) is 9.39. The lowest BCUT2D eigenvalue weighted by Crippen LogP contribution is -2.00. The van der Waals surface area contributed by atoms with E-state index >= 15 is 0 Å². The Hall–Kier alpha value is -2.17. The molecule has 0 saturated heterocycles. The van der Waals surface area contributed by atoms with Crippen molar-refractivity contribution in [3.8, 4) is 0 Å². The second-order valence-electron chi connectivity index (χ2n) is 7.34. The Labute approximate surface area is 158 Å². The topological polar surface area (TPSA) is 56.7 Å². The molecule has 0 amide bonds. The summed E-state index contributed by atoms with van der Waals surface area (Å²) in [4.78, 5) is 0. The Morgan fingerprint density at radius 3 is 1.92 bits per heavy atom. The van der Waals surface area contributed by atoms with E-state index in [1.54, 1.807) is 6.92 Å². The number of nitrogens with zero attached hydrogens (tertiary/aromatic N) is 4. The first-order valence-corrected chi connectivity index (χ1v) is 9.39. The van der Waals surface area contributed by atoms with Crippen LogP contribution in [0.2, 0.25) is 0 Å². The number of aromatic nitrogens is 4. The average molecular weight is 359 g/mol. The molecule has 2 heterocycles. The van der Waals surface area contributed by atoms with Gasteiger partial charge in [0.2, 0.25) is 11.8 Å². The van der Waals surface area contributed by atoms with E-state index in [1.165, 1.54) is 5.57 Å². The van der Waals surface area contributed by atoms with Gasteiger partial charge in [-0.3, -0.25) is 4.68 Å². The van der Waals surface area contributed by atoms with Gasteiger partial charge in [-0.2, -0.15) is 5.10 Å². The number of allylic oxidation sites excluding steroid dienone is 4. The molecule has 0 unspecified atom stereocenters. The summed E-state index contributed by atoms with van der Waals surface area (Å²) in [6, 6.07) is 2.50. The molecule has 1 aliphatic rings. The molecule has 26 heavy (non-hydrogen) atoms. The van der Waals surface area contributed by atoms with Crippen LogP contribution in [0.4, 0.5) is 0 Å². The first-order chi connectivity index (χ1) is 12.2. The molecule has 0 N–H and O–H groups in total. The van der Waals surface area contributed by atoms with Gasteiger partial charge < -0.3 is 4.42 Å². The van der Waals surface area contributed by atoms with E-state index in [4.69, 9.17) is 4.42 Å². The van der Waals surface area contributed by atoms with Crippen molar-refractivity contribution < 1.29 is 4.42 Å². The standard InChI is InChI=1S/C8H12.C7H12N2.C6H10N2O/c1-7(2)8-5-3-4-6-8;1-6(2)9-5-4-7(3)8-9;1-4(2)6-8-7-5(3)9-6/h3,5-7H,4H2,1-2H3;4-6H,1-3H3;4H,1-3H3. The molecule has 0 saturated carbocycles. The Bertz CT molecular complexity index is 661. The van der Waals surface area contributed by atoms with Crippen LogP contribution in [0, 0.1) is 19.8 Å². The van der Waals surface area contributed by atoms with Crippen molar-refractivity contribution in [2.75, 3.05) is 0 Å². The summed E-state index contributed by atoms with van der Waals surface area (Å²) in [5.74, 6) is 2.41. The van der Waals surface area contributed by atoms with Gasteiger partial charge in [0.25, 0.3) is 0 Å². The molecular formula is C21H34N4O. The summed E-state index contributed by atoms with van der Waals surface area (Å²) in [5.41, 5.74) is 2.58. The third-order valence-electron chi connectivity index (χ3n) is 3.77. The molecule has 144 valence electrons. The monoisotopic (exact) mass is 358 g/mol. The van der Waals surface area contributed by atoms with Crippen LogP contribution in [0.15, 0.2) is 40.5 Å². The fraction of sp³-hybridized carbons (Fsp3) is 0.571.